The number of H-pyrrole nitrogens is 1. The largest absolute Gasteiger partial charge is 0.381 e. The van der Waals surface area contributed by atoms with Crippen molar-refractivity contribution >= 4 is 17.0 Å². The molecule has 0 saturated carbocycles. The highest BCUT2D eigenvalue weighted by atomic mass is 16.5. The van der Waals surface area contributed by atoms with E-state index in [1.807, 2.05) is 0 Å². The minimum absolute atomic E-state index is 0.154. The Morgan fingerprint density at radius 1 is 1.44 bits per heavy atom. The van der Waals surface area contributed by atoms with Gasteiger partial charge in [-0.2, -0.15) is 4.98 Å². The molecule has 0 bridgehead atoms. The van der Waals surface area contributed by atoms with E-state index in [1.165, 1.54) is 6.07 Å². The molecule has 0 unspecified atom stereocenters. The Labute approximate surface area is 103 Å². The summed E-state index contributed by atoms with van der Waals surface area (Å²) in [6, 6.07) is 3.18. The van der Waals surface area contributed by atoms with Crippen LogP contribution in [0.25, 0.3) is 11.0 Å². The number of fused-ring (bicyclic) bond motifs is 1. The lowest BCUT2D eigenvalue weighted by Crippen LogP contribution is -2.29. The summed E-state index contributed by atoms with van der Waals surface area (Å²) in [5.41, 5.74) is 0.408. The standard InChI is InChI=1S/C12H14N4O2/c17-10-2-1-9-5-14-12(16-11(9)15-10)13-4-3-8-6-18-7-8/h1-2,5,8H,3-4,6-7H2,(H2,13,14,15,16,17). The number of rotatable bonds is 4. The van der Waals surface area contributed by atoms with E-state index in [0.717, 1.165) is 31.6 Å². The molecule has 0 amide bonds. The van der Waals surface area contributed by atoms with Crippen LogP contribution in [0.3, 0.4) is 0 Å². The molecule has 3 rings (SSSR count). The maximum atomic E-state index is 11.2. The quantitative estimate of drug-likeness (QED) is 0.832. The number of hydrogen-bond donors (Lipinski definition) is 2. The van der Waals surface area contributed by atoms with Gasteiger partial charge in [-0.15, -0.1) is 0 Å². The van der Waals surface area contributed by atoms with Crippen molar-refractivity contribution in [1.29, 1.82) is 0 Å². The van der Waals surface area contributed by atoms with Crippen molar-refractivity contribution in [2.75, 3.05) is 25.1 Å². The van der Waals surface area contributed by atoms with Crippen LogP contribution in [0.15, 0.2) is 23.1 Å². The maximum Gasteiger partial charge on any atom is 0.249 e. The van der Waals surface area contributed by atoms with Gasteiger partial charge in [-0.05, 0) is 12.5 Å². The molecule has 0 aromatic carbocycles. The number of nitrogens with zero attached hydrogens (tertiary/aromatic N) is 2. The van der Waals surface area contributed by atoms with Gasteiger partial charge in [-0.3, -0.25) is 4.79 Å². The summed E-state index contributed by atoms with van der Waals surface area (Å²) < 4.78 is 5.11. The van der Waals surface area contributed by atoms with Gasteiger partial charge in [0.1, 0.15) is 5.65 Å². The third kappa shape index (κ3) is 2.33. The van der Waals surface area contributed by atoms with Crippen molar-refractivity contribution in [3.05, 3.63) is 28.7 Å². The fourth-order valence-electron chi connectivity index (χ4n) is 1.86. The molecule has 1 saturated heterocycles. The average molecular weight is 246 g/mol. The molecule has 6 nitrogen and oxygen atoms in total. The van der Waals surface area contributed by atoms with Crippen molar-refractivity contribution in [1.82, 2.24) is 15.0 Å². The van der Waals surface area contributed by atoms with Crippen molar-refractivity contribution < 1.29 is 4.74 Å². The van der Waals surface area contributed by atoms with E-state index in [1.54, 1.807) is 12.3 Å². The van der Waals surface area contributed by atoms with E-state index in [4.69, 9.17) is 4.74 Å². The summed E-state index contributed by atoms with van der Waals surface area (Å²) in [7, 11) is 0. The highest BCUT2D eigenvalue weighted by Crippen LogP contribution is 2.14. The van der Waals surface area contributed by atoms with Crippen molar-refractivity contribution in [3.63, 3.8) is 0 Å². The monoisotopic (exact) mass is 246 g/mol. The number of anilines is 1. The first-order chi connectivity index (χ1) is 8.81. The molecule has 2 aromatic rings. The number of hydrogen-bond acceptors (Lipinski definition) is 5. The summed E-state index contributed by atoms with van der Waals surface area (Å²) in [6.07, 6.45) is 2.75. The summed E-state index contributed by atoms with van der Waals surface area (Å²) in [5.74, 6) is 1.20. The minimum atomic E-state index is -0.154. The second-order valence-corrected chi connectivity index (χ2v) is 4.44. The zero-order chi connectivity index (χ0) is 12.4. The molecular formula is C12H14N4O2. The number of aromatic amines is 1. The van der Waals surface area contributed by atoms with Gasteiger partial charge < -0.3 is 15.0 Å². The lowest BCUT2D eigenvalue weighted by Gasteiger charge is -2.25. The third-order valence-electron chi connectivity index (χ3n) is 3.02. The summed E-state index contributed by atoms with van der Waals surface area (Å²) in [4.78, 5) is 22.3. The van der Waals surface area contributed by atoms with Crippen LogP contribution >= 0.6 is 0 Å². The van der Waals surface area contributed by atoms with Gasteiger partial charge in [-0.25, -0.2) is 4.98 Å². The predicted octanol–water partition coefficient (Wildman–Crippen LogP) is 0.766. The highest BCUT2D eigenvalue weighted by Gasteiger charge is 2.17. The molecule has 6 heteroatoms. The van der Waals surface area contributed by atoms with E-state index in [0.29, 0.717) is 17.5 Å². The van der Waals surface area contributed by atoms with Crippen molar-refractivity contribution in [3.8, 4) is 0 Å². The zero-order valence-corrected chi connectivity index (χ0v) is 9.85. The molecule has 94 valence electrons. The first kappa shape index (κ1) is 11.2. The van der Waals surface area contributed by atoms with E-state index < -0.39 is 0 Å². The van der Waals surface area contributed by atoms with Crippen LogP contribution in [0.5, 0.6) is 0 Å². The molecule has 18 heavy (non-hydrogen) atoms. The molecule has 1 aliphatic heterocycles. The fraction of sp³-hybridized carbons (Fsp3) is 0.417. The van der Waals surface area contributed by atoms with E-state index in [9.17, 15) is 4.79 Å². The Bertz CT molecular complexity index is 606. The number of aromatic nitrogens is 3. The van der Waals surface area contributed by atoms with Gasteiger partial charge in [0.25, 0.3) is 0 Å². The molecule has 2 aromatic heterocycles. The van der Waals surface area contributed by atoms with E-state index >= 15 is 0 Å². The molecule has 1 fully saturated rings. The van der Waals surface area contributed by atoms with Gasteiger partial charge in [0.05, 0.1) is 13.2 Å². The number of pyridine rings is 1. The first-order valence-electron chi connectivity index (χ1n) is 5.99. The smallest absolute Gasteiger partial charge is 0.249 e. The van der Waals surface area contributed by atoms with Gasteiger partial charge in [-0.1, -0.05) is 0 Å². The van der Waals surface area contributed by atoms with Gasteiger partial charge in [0, 0.05) is 30.1 Å². The maximum absolute atomic E-state index is 11.2. The Hall–Kier alpha value is -1.95. The van der Waals surface area contributed by atoms with Crippen molar-refractivity contribution in [2.45, 2.75) is 6.42 Å². The Balaban J connectivity index is 1.69. The van der Waals surface area contributed by atoms with Crippen molar-refractivity contribution in [2.24, 2.45) is 5.92 Å². The van der Waals surface area contributed by atoms with Gasteiger partial charge in [0.2, 0.25) is 11.5 Å². The average Bonchev–Trinajstić information content (AvgIpc) is 2.32. The second kappa shape index (κ2) is 4.73. The van der Waals surface area contributed by atoms with Crippen LogP contribution in [0.4, 0.5) is 5.95 Å². The SMILES string of the molecule is O=c1ccc2cnc(NCCC3COC3)nc2[nH]1. The normalized spacial score (nSPS) is 15.6. The van der Waals surface area contributed by atoms with Crippen LogP contribution in [0, 0.1) is 5.92 Å². The van der Waals surface area contributed by atoms with Gasteiger partial charge >= 0.3 is 0 Å². The van der Waals surface area contributed by atoms with E-state index in [2.05, 4.69) is 20.3 Å². The second-order valence-electron chi connectivity index (χ2n) is 4.44. The number of nitrogens with one attached hydrogen (secondary N) is 2. The fourth-order valence-corrected chi connectivity index (χ4v) is 1.86. The number of ether oxygens (including phenoxy) is 1. The van der Waals surface area contributed by atoms with Crippen LogP contribution in [0.1, 0.15) is 6.42 Å². The Morgan fingerprint density at radius 3 is 3.11 bits per heavy atom. The molecular weight excluding hydrogens is 232 g/mol. The third-order valence-corrected chi connectivity index (χ3v) is 3.02. The lowest BCUT2D eigenvalue weighted by atomic mass is 10.0. The van der Waals surface area contributed by atoms with Crippen LogP contribution in [-0.2, 0) is 4.74 Å². The lowest BCUT2D eigenvalue weighted by molar-refractivity contribution is -0.0337. The van der Waals surface area contributed by atoms with Crippen LogP contribution in [-0.4, -0.2) is 34.7 Å². The molecule has 2 N–H and O–H groups in total. The van der Waals surface area contributed by atoms with Crippen LogP contribution in [0.2, 0.25) is 0 Å². The first-order valence-corrected chi connectivity index (χ1v) is 5.99. The summed E-state index contributed by atoms with van der Waals surface area (Å²) in [5, 5.41) is 3.98. The molecule has 3 heterocycles. The topological polar surface area (TPSA) is 79.9 Å². The highest BCUT2D eigenvalue weighted by molar-refractivity contribution is 5.74. The molecule has 0 spiro atoms. The van der Waals surface area contributed by atoms with Crippen LogP contribution < -0.4 is 10.9 Å². The predicted molar refractivity (Wildman–Crippen MR) is 67.6 cm³/mol. The van der Waals surface area contributed by atoms with E-state index in [-0.39, 0.29) is 5.56 Å². The molecule has 0 atom stereocenters. The Morgan fingerprint density at radius 2 is 2.33 bits per heavy atom. The van der Waals surface area contributed by atoms with Gasteiger partial charge in [0.15, 0.2) is 0 Å². The summed E-state index contributed by atoms with van der Waals surface area (Å²) in [6.45, 7) is 2.53. The minimum Gasteiger partial charge on any atom is -0.381 e. The Kier molecular flexibility index (Phi) is 2.93. The zero-order valence-electron chi connectivity index (χ0n) is 9.85. The molecule has 0 aliphatic carbocycles. The molecule has 1 aliphatic rings. The molecule has 0 radical (unpaired) electrons. The summed E-state index contributed by atoms with van der Waals surface area (Å²) >= 11 is 0.